The minimum Gasteiger partial charge on any atom is -0.384 e. The first-order valence-electron chi connectivity index (χ1n) is 6.17. The first kappa shape index (κ1) is 12.4. The number of aromatic nitrogens is 2. The zero-order valence-electron chi connectivity index (χ0n) is 10.4. The van der Waals surface area contributed by atoms with Crippen LogP contribution in [0.25, 0.3) is 0 Å². The lowest BCUT2D eigenvalue weighted by Gasteiger charge is -2.02. The summed E-state index contributed by atoms with van der Waals surface area (Å²) in [6.07, 6.45) is 7.72. The van der Waals surface area contributed by atoms with Gasteiger partial charge < -0.3 is 10.3 Å². The second-order valence-electron chi connectivity index (χ2n) is 4.14. The van der Waals surface area contributed by atoms with E-state index in [0.29, 0.717) is 5.84 Å². The van der Waals surface area contributed by atoms with E-state index in [1.54, 1.807) is 6.20 Å². The Morgan fingerprint density at radius 3 is 2.78 bits per heavy atom. The zero-order valence-corrected chi connectivity index (χ0v) is 10.4. The molecule has 2 rings (SSSR count). The number of hydrogen-bond acceptors (Lipinski definition) is 2. The van der Waals surface area contributed by atoms with Gasteiger partial charge in [-0.25, -0.2) is 4.98 Å². The summed E-state index contributed by atoms with van der Waals surface area (Å²) in [4.78, 5) is 8.39. The number of unbranched alkanes of at least 4 members (excludes halogenated alkanes) is 1. The fourth-order valence-corrected chi connectivity index (χ4v) is 1.72. The molecule has 0 radical (unpaired) electrons. The maximum atomic E-state index is 5.91. The number of hydrogen-bond donors (Lipinski definition) is 1. The molecule has 4 nitrogen and oxygen atoms in total. The molecule has 1 aromatic carbocycles. The van der Waals surface area contributed by atoms with E-state index in [9.17, 15) is 0 Å². The maximum absolute atomic E-state index is 5.91. The molecule has 18 heavy (non-hydrogen) atoms. The van der Waals surface area contributed by atoms with Crippen molar-refractivity contribution in [1.29, 1.82) is 0 Å². The van der Waals surface area contributed by atoms with Gasteiger partial charge in [-0.05, 0) is 12.8 Å². The topological polar surface area (TPSA) is 56.2 Å². The molecule has 0 unspecified atom stereocenters. The Hall–Kier alpha value is -2.10. The first-order valence-corrected chi connectivity index (χ1v) is 6.17. The van der Waals surface area contributed by atoms with E-state index in [1.807, 2.05) is 42.9 Å². The molecule has 0 amide bonds. The predicted molar refractivity (Wildman–Crippen MR) is 73.5 cm³/mol. The standard InChI is InChI=1S/C14H18N4/c15-14(13-6-2-1-3-7-13)17-8-4-5-10-18-11-9-16-12-18/h1-3,6-7,9,11-12H,4-5,8,10H2,(H2,15,17). The number of amidine groups is 1. The van der Waals surface area contributed by atoms with Crippen molar-refractivity contribution in [3.05, 3.63) is 54.6 Å². The van der Waals surface area contributed by atoms with Crippen molar-refractivity contribution in [2.45, 2.75) is 19.4 Å². The fraction of sp³-hybridized carbons (Fsp3) is 0.286. The third kappa shape index (κ3) is 3.73. The van der Waals surface area contributed by atoms with Crippen molar-refractivity contribution in [2.75, 3.05) is 6.54 Å². The number of benzene rings is 1. The molecule has 1 heterocycles. The lowest BCUT2D eigenvalue weighted by Crippen LogP contribution is -2.13. The van der Waals surface area contributed by atoms with Crippen LogP contribution in [-0.4, -0.2) is 21.9 Å². The Labute approximate surface area is 107 Å². The van der Waals surface area contributed by atoms with Gasteiger partial charge in [-0.15, -0.1) is 0 Å². The Kier molecular flexibility index (Phi) is 4.53. The van der Waals surface area contributed by atoms with Crippen molar-refractivity contribution in [1.82, 2.24) is 9.55 Å². The van der Waals surface area contributed by atoms with Crippen molar-refractivity contribution >= 4 is 5.84 Å². The molecule has 0 saturated carbocycles. The SMILES string of the molecule is NC(=NCCCCn1ccnc1)c1ccccc1. The molecule has 0 aliphatic carbocycles. The number of aliphatic imine (C=N–C) groups is 1. The third-order valence-corrected chi connectivity index (χ3v) is 2.74. The minimum atomic E-state index is 0.623. The van der Waals surface area contributed by atoms with Crippen molar-refractivity contribution in [3.8, 4) is 0 Å². The second-order valence-corrected chi connectivity index (χ2v) is 4.14. The quantitative estimate of drug-likeness (QED) is 0.479. The highest BCUT2D eigenvalue weighted by Crippen LogP contribution is 2.00. The van der Waals surface area contributed by atoms with Gasteiger partial charge in [0.05, 0.1) is 6.33 Å². The Morgan fingerprint density at radius 2 is 2.06 bits per heavy atom. The van der Waals surface area contributed by atoms with Crippen LogP contribution in [-0.2, 0) is 6.54 Å². The summed E-state index contributed by atoms with van der Waals surface area (Å²) in [7, 11) is 0. The van der Waals surface area contributed by atoms with E-state index in [2.05, 4.69) is 14.5 Å². The van der Waals surface area contributed by atoms with Gasteiger partial charge in [-0.3, -0.25) is 4.99 Å². The Balaban J connectivity index is 1.71. The third-order valence-electron chi connectivity index (χ3n) is 2.74. The number of aryl methyl sites for hydroxylation is 1. The van der Waals surface area contributed by atoms with Crippen LogP contribution in [0.3, 0.4) is 0 Å². The monoisotopic (exact) mass is 242 g/mol. The molecule has 0 fully saturated rings. The normalized spacial score (nSPS) is 11.7. The number of rotatable bonds is 6. The predicted octanol–water partition coefficient (Wildman–Crippen LogP) is 2.07. The fourth-order valence-electron chi connectivity index (χ4n) is 1.72. The van der Waals surface area contributed by atoms with Gasteiger partial charge in [0.2, 0.25) is 0 Å². The van der Waals surface area contributed by atoms with Crippen molar-refractivity contribution in [3.63, 3.8) is 0 Å². The summed E-state index contributed by atoms with van der Waals surface area (Å²) >= 11 is 0. The summed E-state index contributed by atoms with van der Waals surface area (Å²) in [5.74, 6) is 0.623. The van der Waals surface area contributed by atoms with E-state index in [4.69, 9.17) is 5.73 Å². The Bertz CT molecular complexity index is 474. The van der Waals surface area contributed by atoms with Crippen LogP contribution in [0.4, 0.5) is 0 Å². The number of nitrogens with two attached hydrogens (primary N) is 1. The van der Waals surface area contributed by atoms with Crippen molar-refractivity contribution in [2.24, 2.45) is 10.7 Å². The van der Waals surface area contributed by atoms with E-state index in [-0.39, 0.29) is 0 Å². The molecule has 1 aromatic heterocycles. The molecular formula is C14H18N4. The lowest BCUT2D eigenvalue weighted by atomic mass is 10.2. The van der Waals surface area contributed by atoms with Crippen LogP contribution >= 0.6 is 0 Å². The summed E-state index contributed by atoms with van der Waals surface area (Å²) < 4.78 is 2.07. The van der Waals surface area contributed by atoms with Crippen LogP contribution < -0.4 is 5.73 Å². The molecule has 0 aliphatic heterocycles. The molecule has 0 atom stereocenters. The van der Waals surface area contributed by atoms with E-state index in [0.717, 1.165) is 31.5 Å². The largest absolute Gasteiger partial charge is 0.384 e. The van der Waals surface area contributed by atoms with Crippen LogP contribution in [0.5, 0.6) is 0 Å². The molecule has 0 spiro atoms. The van der Waals surface area contributed by atoms with Crippen LogP contribution in [0.2, 0.25) is 0 Å². The molecule has 0 saturated heterocycles. The van der Waals surface area contributed by atoms with Crippen LogP contribution in [0.15, 0.2) is 54.0 Å². The molecule has 0 bridgehead atoms. The van der Waals surface area contributed by atoms with Crippen molar-refractivity contribution < 1.29 is 0 Å². The van der Waals surface area contributed by atoms with E-state index < -0.39 is 0 Å². The molecule has 4 heteroatoms. The Morgan fingerprint density at radius 1 is 1.22 bits per heavy atom. The number of nitrogens with zero attached hydrogens (tertiary/aromatic N) is 3. The van der Waals surface area contributed by atoms with Gasteiger partial charge in [0.25, 0.3) is 0 Å². The average molecular weight is 242 g/mol. The van der Waals surface area contributed by atoms with Gasteiger partial charge in [-0.1, -0.05) is 30.3 Å². The van der Waals surface area contributed by atoms with Gasteiger partial charge >= 0.3 is 0 Å². The van der Waals surface area contributed by atoms with Gasteiger partial charge in [-0.2, -0.15) is 0 Å². The highest BCUT2D eigenvalue weighted by atomic mass is 15.0. The average Bonchev–Trinajstić information content (AvgIpc) is 2.92. The maximum Gasteiger partial charge on any atom is 0.125 e. The highest BCUT2D eigenvalue weighted by Gasteiger charge is 1.95. The lowest BCUT2D eigenvalue weighted by molar-refractivity contribution is 0.615. The molecule has 94 valence electrons. The molecule has 0 aliphatic rings. The van der Waals surface area contributed by atoms with Crippen LogP contribution in [0.1, 0.15) is 18.4 Å². The van der Waals surface area contributed by atoms with E-state index in [1.165, 1.54) is 0 Å². The first-order chi connectivity index (χ1) is 8.86. The smallest absolute Gasteiger partial charge is 0.125 e. The van der Waals surface area contributed by atoms with Gasteiger partial charge in [0.1, 0.15) is 5.84 Å². The minimum absolute atomic E-state index is 0.623. The summed E-state index contributed by atoms with van der Waals surface area (Å²) in [6, 6.07) is 9.87. The molecule has 2 aromatic rings. The summed E-state index contributed by atoms with van der Waals surface area (Å²) in [5.41, 5.74) is 6.90. The summed E-state index contributed by atoms with van der Waals surface area (Å²) in [6.45, 7) is 1.76. The molecule has 2 N–H and O–H groups in total. The summed E-state index contributed by atoms with van der Waals surface area (Å²) in [5, 5.41) is 0. The van der Waals surface area contributed by atoms with Gasteiger partial charge in [0.15, 0.2) is 0 Å². The number of imidazole rings is 1. The van der Waals surface area contributed by atoms with Gasteiger partial charge in [0, 0.05) is 31.0 Å². The second kappa shape index (κ2) is 6.59. The van der Waals surface area contributed by atoms with E-state index >= 15 is 0 Å². The highest BCUT2D eigenvalue weighted by molar-refractivity contribution is 5.97. The zero-order chi connectivity index (χ0) is 12.6. The van der Waals surface area contributed by atoms with Crippen LogP contribution in [0, 0.1) is 0 Å². The molecular weight excluding hydrogens is 224 g/mol.